The SMILES string of the molecule is CCN(CC(=O)N(C)C)c1ccccc1CN. The highest BCUT2D eigenvalue weighted by atomic mass is 16.2. The maximum atomic E-state index is 11.7. The van der Waals surface area contributed by atoms with E-state index in [-0.39, 0.29) is 5.91 Å². The Labute approximate surface area is 103 Å². The molecular formula is C13H21N3O. The molecule has 1 aromatic rings. The Bertz CT molecular complexity index is 377. The summed E-state index contributed by atoms with van der Waals surface area (Å²) in [6.07, 6.45) is 0. The number of likely N-dealkylation sites (N-methyl/N-ethyl adjacent to an activating group) is 2. The van der Waals surface area contributed by atoms with E-state index in [0.717, 1.165) is 17.8 Å². The molecule has 0 unspecified atom stereocenters. The molecular weight excluding hydrogens is 214 g/mol. The minimum Gasteiger partial charge on any atom is -0.362 e. The molecule has 0 aromatic heterocycles. The van der Waals surface area contributed by atoms with Crippen molar-refractivity contribution >= 4 is 11.6 Å². The van der Waals surface area contributed by atoms with Crippen LogP contribution >= 0.6 is 0 Å². The van der Waals surface area contributed by atoms with Crippen molar-refractivity contribution in [1.82, 2.24) is 4.90 Å². The quantitative estimate of drug-likeness (QED) is 0.830. The summed E-state index contributed by atoms with van der Waals surface area (Å²) in [4.78, 5) is 15.4. The first kappa shape index (κ1) is 13.5. The molecule has 0 heterocycles. The zero-order valence-electron chi connectivity index (χ0n) is 10.8. The van der Waals surface area contributed by atoms with E-state index >= 15 is 0 Å². The van der Waals surface area contributed by atoms with E-state index in [0.29, 0.717) is 13.1 Å². The molecule has 0 spiro atoms. The van der Waals surface area contributed by atoms with E-state index in [2.05, 4.69) is 0 Å². The lowest BCUT2D eigenvalue weighted by atomic mass is 10.1. The van der Waals surface area contributed by atoms with Gasteiger partial charge in [-0.1, -0.05) is 18.2 Å². The van der Waals surface area contributed by atoms with Crippen molar-refractivity contribution in [2.24, 2.45) is 5.73 Å². The Kier molecular flexibility index (Phi) is 4.97. The van der Waals surface area contributed by atoms with Gasteiger partial charge in [0.05, 0.1) is 6.54 Å². The molecule has 2 N–H and O–H groups in total. The van der Waals surface area contributed by atoms with Crippen LogP contribution in [0.15, 0.2) is 24.3 Å². The van der Waals surface area contributed by atoms with Gasteiger partial charge >= 0.3 is 0 Å². The van der Waals surface area contributed by atoms with Crippen LogP contribution < -0.4 is 10.6 Å². The average Bonchev–Trinajstić information content (AvgIpc) is 2.35. The minimum atomic E-state index is 0.0960. The van der Waals surface area contributed by atoms with Gasteiger partial charge in [0.1, 0.15) is 0 Å². The third-order valence-electron chi connectivity index (χ3n) is 2.76. The normalized spacial score (nSPS) is 10.1. The minimum absolute atomic E-state index is 0.0960. The zero-order chi connectivity index (χ0) is 12.8. The molecule has 4 heteroatoms. The van der Waals surface area contributed by atoms with Crippen molar-refractivity contribution in [1.29, 1.82) is 0 Å². The number of rotatable bonds is 5. The lowest BCUT2D eigenvalue weighted by Crippen LogP contribution is -2.37. The summed E-state index contributed by atoms with van der Waals surface area (Å²) < 4.78 is 0. The first-order valence-corrected chi connectivity index (χ1v) is 5.83. The van der Waals surface area contributed by atoms with Gasteiger partial charge in [-0.3, -0.25) is 4.79 Å². The predicted octanol–water partition coefficient (Wildman–Crippen LogP) is 1.06. The number of carbonyl (C=O) groups excluding carboxylic acids is 1. The van der Waals surface area contributed by atoms with E-state index in [4.69, 9.17) is 5.73 Å². The lowest BCUT2D eigenvalue weighted by Gasteiger charge is -2.26. The third kappa shape index (κ3) is 3.46. The summed E-state index contributed by atoms with van der Waals surface area (Å²) in [5.41, 5.74) is 7.83. The van der Waals surface area contributed by atoms with Crippen molar-refractivity contribution in [2.45, 2.75) is 13.5 Å². The number of amides is 1. The summed E-state index contributed by atoms with van der Waals surface area (Å²) in [7, 11) is 3.54. The van der Waals surface area contributed by atoms with E-state index in [1.54, 1.807) is 19.0 Å². The van der Waals surface area contributed by atoms with Crippen LogP contribution in [0.4, 0.5) is 5.69 Å². The fourth-order valence-corrected chi connectivity index (χ4v) is 1.66. The molecule has 0 atom stereocenters. The molecule has 0 radical (unpaired) electrons. The van der Waals surface area contributed by atoms with Crippen molar-refractivity contribution in [3.8, 4) is 0 Å². The summed E-state index contributed by atoms with van der Waals surface area (Å²) in [5.74, 6) is 0.0960. The smallest absolute Gasteiger partial charge is 0.241 e. The van der Waals surface area contributed by atoms with Gasteiger partial charge in [-0.2, -0.15) is 0 Å². The highest BCUT2D eigenvalue weighted by Gasteiger charge is 2.13. The van der Waals surface area contributed by atoms with Crippen LogP contribution in [-0.4, -0.2) is 38.0 Å². The van der Waals surface area contributed by atoms with E-state index in [9.17, 15) is 4.79 Å². The van der Waals surface area contributed by atoms with Gasteiger partial charge in [0, 0.05) is 32.9 Å². The Morgan fingerprint density at radius 3 is 2.47 bits per heavy atom. The largest absolute Gasteiger partial charge is 0.362 e. The van der Waals surface area contributed by atoms with Crippen LogP contribution in [-0.2, 0) is 11.3 Å². The van der Waals surface area contributed by atoms with E-state index < -0.39 is 0 Å². The Balaban J connectivity index is 2.89. The average molecular weight is 235 g/mol. The lowest BCUT2D eigenvalue weighted by molar-refractivity contribution is -0.127. The van der Waals surface area contributed by atoms with Crippen LogP contribution in [0, 0.1) is 0 Å². The first-order chi connectivity index (χ1) is 8.10. The van der Waals surface area contributed by atoms with Crippen molar-refractivity contribution in [3.05, 3.63) is 29.8 Å². The molecule has 0 aliphatic heterocycles. The van der Waals surface area contributed by atoms with Crippen molar-refractivity contribution < 1.29 is 4.79 Å². The van der Waals surface area contributed by atoms with Crippen LogP contribution in [0.3, 0.4) is 0 Å². The van der Waals surface area contributed by atoms with Gasteiger partial charge in [0.25, 0.3) is 0 Å². The maximum absolute atomic E-state index is 11.7. The molecule has 0 aliphatic carbocycles. The van der Waals surface area contributed by atoms with Crippen LogP contribution in [0.25, 0.3) is 0 Å². The molecule has 0 bridgehead atoms. The van der Waals surface area contributed by atoms with E-state index in [1.165, 1.54) is 0 Å². The topological polar surface area (TPSA) is 49.6 Å². The molecule has 0 saturated carbocycles. The van der Waals surface area contributed by atoms with Gasteiger partial charge in [-0.15, -0.1) is 0 Å². The molecule has 0 saturated heterocycles. The van der Waals surface area contributed by atoms with Crippen LogP contribution in [0.5, 0.6) is 0 Å². The van der Waals surface area contributed by atoms with Crippen molar-refractivity contribution in [3.63, 3.8) is 0 Å². The number of hydrogen-bond donors (Lipinski definition) is 1. The van der Waals surface area contributed by atoms with Crippen molar-refractivity contribution in [2.75, 3.05) is 32.1 Å². The second-order valence-electron chi connectivity index (χ2n) is 4.14. The molecule has 0 fully saturated rings. The maximum Gasteiger partial charge on any atom is 0.241 e. The molecule has 1 aromatic carbocycles. The highest BCUT2D eigenvalue weighted by Crippen LogP contribution is 2.19. The number of carbonyl (C=O) groups is 1. The second kappa shape index (κ2) is 6.25. The Morgan fingerprint density at radius 2 is 1.94 bits per heavy atom. The van der Waals surface area contributed by atoms with Gasteiger partial charge in [-0.25, -0.2) is 0 Å². The fraction of sp³-hybridized carbons (Fsp3) is 0.462. The summed E-state index contributed by atoms with van der Waals surface area (Å²) in [6, 6.07) is 7.94. The number of hydrogen-bond acceptors (Lipinski definition) is 3. The molecule has 4 nitrogen and oxygen atoms in total. The number of anilines is 1. The van der Waals surface area contributed by atoms with E-state index in [1.807, 2.05) is 36.1 Å². The van der Waals surface area contributed by atoms with Gasteiger partial charge in [0.2, 0.25) is 5.91 Å². The zero-order valence-corrected chi connectivity index (χ0v) is 10.8. The highest BCUT2D eigenvalue weighted by molar-refractivity contribution is 5.81. The number of para-hydroxylation sites is 1. The molecule has 0 aliphatic rings. The number of nitrogens with zero attached hydrogens (tertiary/aromatic N) is 2. The number of nitrogens with two attached hydrogens (primary N) is 1. The standard InChI is InChI=1S/C13H21N3O/c1-4-16(10-13(17)15(2)3)12-8-6-5-7-11(12)9-14/h5-8H,4,9-10,14H2,1-3H3. The Hall–Kier alpha value is -1.55. The molecule has 94 valence electrons. The third-order valence-corrected chi connectivity index (χ3v) is 2.76. The van der Waals surface area contributed by atoms with Gasteiger partial charge in [0.15, 0.2) is 0 Å². The molecule has 1 amide bonds. The fourth-order valence-electron chi connectivity index (χ4n) is 1.66. The monoisotopic (exact) mass is 235 g/mol. The second-order valence-corrected chi connectivity index (χ2v) is 4.14. The van der Waals surface area contributed by atoms with Crippen LogP contribution in [0.2, 0.25) is 0 Å². The Morgan fingerprint density at radius 1 is 1.29 bits per heavy atom. The van der Waals surface area contributed by atoms with Crippen LogP contribution in [0.1, 0.15) is 12.5 Å². The predicted molar refractivity (Wildman–Crippen MR) is 70.9 cm³/mol. The molecule has 17 heavy (non-hydrogen) atoms. The number of benzene rings is 1. The van der Waals surface area contributed by atoms with Gasteiger partial charge < -0.3 is 15.5 Å². The first-order valence-electron chi connectivity index (χ1n) is 5.83. The molecule has 1 rings (SSSR count). The van der Waals surface area contributed by atoms with Gasteiger partial charge in [-0.05, 0) is 18.6 Å². The summed E-state index contributed by atoms with van der Waals surface area (Å²) >= 11 is 0. The summed E-state index contributed by atoms with van der Waals surface area (Å²) in [5, 5.41) is 0. The summed E-state index contributed by atoms with van der Waals surface area (Å²) in [6.45, 7) is 3.70.